The van der Waals surface area contributed by atoms with Gasteiger partial charge in [-0.2, -0.15) is 4.31 Å². The van der Waals surface area contributed by atoms with Crippen molar-refractivity contribution in [2.45, 2.75) is 17.7 Å². The summed E-state index contributed by atoms with van der Waals surface area (Å²) in [4.78, 5) is 0.181. The Morgan fingerprint density at radius 2 is 2.00 bits per heavy atom. The second-order valence-corrected chi connectivity index (χ2v) is 8.21. The monoisotopic (exact) mass is 416 g/mol. The average Bonchev–Trinajstić information content (AvgIpc) is 2.42. The van der Waals surface area contributed by atoms with Gasteiger partial charge in [0.05, 0.1) is 5.02 Å². The molecule has 1 heterocycles. The predicted octanol–water partition coefficient (Wildman–Crippen LogP) is 3.14. The Bertz CT molecular complexity index is 576. The Hall–Kier alpha value is 0.150. The standard InChI is InChI=1S/C13H18BrClN2O2S.ClH/c1-16-9-10-4-6-17(7-5-10)20(18,19)13-8-11(14)2-3-12(13)15;/h2-3,8,10,16H,4-7,9H2,1H3;1H. The molecule has 4 nitrogen and oxygen atoms in total. The van der Waals surface area contributed by atoms with E-state index in [0.29, 0.717) is 23.5 Å². The Balaban J connectivity index is 0.00000220. The fourth-order valence-electron chi connectivity index (χ4n) is 2.46. The lowest BCUT2D eigenvalue weighted by atomic mass is 9.98. The van der Waals surface area contributed by atoms with E-state index in [9.17, 15) is 8.42 Å². The molecule has 0 saturated carbocycles. The summed E-state index contributed by atoms with van der Waals surface area (Å²) >= 11 is 9.33. The third kappa shape index (κ3) is 4.56. The molecule has 0 bridgehead atoms. The molecule has 1 saturated heterocycles. The van der Waals surface area contributed by atoms with Gasteiger partial charge >= 0.3 is 0 Å². The smallest absolute Gasteiger partial charge is 0.244 e. The molecular weight excluding hydrogens is 399 g/mol. The molecule has 8 heteroatoms. The Labute approximate surface area is 145 Å². The average molecular weight is 418 g/mol. The van der Waals surface area contributed by atoms with Crippen molar-refractivity contribution in [2.24, 2.45) is 5.92 Å². The van der Waals surface area contributed by atoms with E-state index in [2.05, 4.69) is 21.2 Å². The number of benzene rings is 1. The molecule has 2 rings (SSSR count). The van der Waals surface area contributed by atoms with E-state index in [-0.39, 0.29) is 22.3 Å². The number of piperidine rings is 1. The third-order valence-corrected chi connectivity index (χ3v) is 6.45. The van der Waals surface area contributed by atoms with Crippen LogP contribution in [0.2, 0.25) is 5.02 Å². The highest BCUT2D eigenvalue weighted by molar-refractivity contribution is 9.10. The molecule has 1 aliphatic heterocycles. The first-order chi connectivity index (χ1) is 9.45. The van der Waals surface area contributed by atoms with Crippen molar-refractivity contribution in [3.63, 3.8) is 0 Å². The Kier molecular flexibility index (Phi) is 7.43. The van der Waals surface area contributed by atoms with Crippen LogP contribution in [0.15, 0.2) is 27.6 Å². The molecule has 0 atom stereocenters. The molecule has 0 radical (unpaired) electrons. The van der Waals surface area contributed by atoms with Gasteiger partial charge in [0.15, 0.2) is 0 Å². The highest BCUT2D eigenvalue weighted by Crippen LogP contribution is 2.30. The van der Waals surface area contributed by atoms with E-state index in [1.807, 2.05) is 7.05 Å². The molecule has 0 unspecified atom stereocenters. The van der Waals surface area contributed by atoms with Crippen LogP contribution < -0.4 is 5.32 Å². The minimum Gasteiger partial charge on any atom is -0.319 e. The maximum Gasteiger partial charge on any atom is 0.244 e. The number of hydrogen-bond acceptors (Lipinski definition) is 3. The molecule has 1 fully saturated rings. The number of sulfonamides is 1. The van der Waals surface area contributed by atoms with Gasteiger partial charge in [0.25, 0.3) is 0 Å². The van der Waals surface area contributed by atoms with Crippen LogP contribution in [-0.4, -0.2) is 39.4 Å². The van der Waals surface area contributed by atoms with Crippen molar-refractivity contribution in [3.8, 4) is 0 Å². The first kappa shape index (κ1) is 19.2. The fourth-order valence-corrected chi connectivity index (χ4v) is 4.94. The van der Waals surface area contributed by atoms with Crippen LogP contribution >= 0.6 is 39.9 Å². The molecule has 0 amide bonds. The molecule has 0 aliphatic carbocycles. The van der Waals surface area contributed by atoms with E-state index in [1.165, 1.54) is 4.31 Å². The van der Waals surface area contributed by atoms with Crippen LogP contribution in [0.4, 0.5) is 0 Å². The molecule has 0 aromatic heterocycles. The maximum atomic E-state index is 12.6. The summed E-state index contributed by atoms with van der Waals surface area (Å²) in [7, 11) is -1.58. The summed E-state index contributed by atoms with van der Waals surface area (Å²) in [5, 5.41) is 3.41. The summed E-state index contributed by atoms with van der Waals surface area (Å²) in [6.07, 6.45) is 1.76. The molecule has 1 aliphatic rings. The first-order valence-electron chi connectivity index (χ1n) is 6.55. The van der Waals surface area contributed by atoms with Gasteiger partial charge < -0.3 is 5.32 Å². The van der Waals surface area contributed by atoms with E-state index in [4.69, 9.17) is 11.6 Å². The van der Waals surface area contributed by atoms with Gasteiger partial charge in [-0.25, -0.2) is 8.42 Å². The summed E-state index contributed by atoms with van der Waals surface area (Å²) in [6.45, 7) is 2.04. The first-order valence-corrected chi connectivity index (χ1v) is 9.16. The summed E-state index contributed by atoms with van der Waals surface area (Å²) in [5.74, 6) is 0.546. The van der Waals surface area contributed by atoms with Crippen LogP contribution in [0.1, 0.15) is 12.8 Å². The van der Waals surface area contributed by atoms with Gasteiger partial charge in [0.2, 0.25) is 10.0 Å². The molecule has 1 aromatic carbocycles. The van der Waals surface area contributed by atoms with Crippen molar-refractivity contribution in [3.05, 3.63) is 27.7 Å². The minimum atomic E-state index is -3.50. The largest absolute Gasteiger partial charge is 0.319 e. The SMILES string of the molecule is CNCC1CCN(S(=O)(=O)c2cc(Br)ccc2Cl)CC1.Cl. The van der Waals surface area contributed by atoms with Crippen molar-refractivity contribution in [2.75, 3.05) is 26.7 Å². The zero-order chi connectivity index (χ0) is 14.8. The Morgan fingerprint density at radius 3 is 2.57 bits per heavy atom. The van der Waals surface area contributed by atoms with Crippen molar-refractivity contribution in [1.29, 1.82) is 0 Å². The molecule has 1 aromatic rings. The highest BCUT2D eigenvalue weighted by atomic mass is 79.9. The van der Waals surface area contributed by atoms with Crippen LogP contribution in [0.25, 0.3) is 0 Å². The molecular formula is C13H19BrCl2N2O2S. The number of hydrogen-bond donors (Lipinski definition) is 1. The second kappa shape index (κ2) is 8.13. The van der Waals surface area contributed by atoms with Gasteiger partial charge in [0.1, 0.15) is 4.90 Å². The van der Waals surface area contributed by atoms with Crippen molar-refractivity contribution in [1.82, 2.24) is 9.62 Å². The van der Waals surface area contributed by atoms with Crippen LogP contribution in [0.3, 0.4) is 0 Å². The molecule has 0 spiro atoms. The van der Waals surface area contributed by atoms with Gasteiger partial charge in [-0.1, -0.05) is 27.5 Å². The van der Waals surface area contributed by atoms with E-state index in [1.54, 1.807) is 18.2 Å². The van der Waals surface area contributed by atoms with E-state index in [0.717, 1.165) is 19.4 Å². The highest BCUT2D eigenvalue weighted by Gasteiger charge is 2.30. The third-order valence-electron chi connectivity index (χ3n) is 3.58. The zero-order valence-corrected chi connectivity index (χ0v) is 15.7. The van der Waals surface area contributed by atoms with Gasteiger partial charge in [-0.15, -0.1) is 12.4 Å². The van der Waals surface area contributed by atoms with Crippen LogP contribution in [0, 0.1) is 5.92 Å². The normalized spacial score (nSPS) is 17.5. The minimum absolute atomic E-state index is 0. The quantitative estimate of drug-likeness (QED) is 0.818. The van der Waals surface area contributed by atoms with Gasteiger partial charge in [-0.05, 0) is 50.6 Å². The fraction of sp³-hybridized carbons (Fsp3) is 0.538. The Morgan fingerprint density at radius 1 is 1.38 bits per heavy atom. The lowest BCUT2D eigenvalue weighted by molar-refractivity contribution is 0.270. The number of nitrogens with zero attached hydrogens (tertiary/aromatic N) is 1. The topological polar surface area (TPSA) is 49.4 Å². The molecule has 1 N–H and O–H groups in total. The van der Waals surface area contributed by atoms with Gasteiger partial charge in [0, 0.05) is 17.6 Å². The lowest BCUT2D eigenvalue weighted by Gasteiger charge is -2.31. The van der Waals surface area contributed by atoms with Crippen molar-refractivity contribution >= 4 is 50.0 Å². The van der Waals surface area contributed by atoms with E-state index < -0.39 is 10.0 Å². The van der Waals surface area contributed by atoms with E-state index >= 15 is 0 Å². The summed E-state index contributed by atoms with van der Waals surface area (Å²) in [6, 6.07) is 4.91. The van der Waals surface area contributed by atoms with Crippen molar-refractivity contribution < 1.29 is 8.42 Å². The maximum absolute atomic E-state index is 12.6. The van der Waals surface area contributed by atoms with Crippen LogP contribution in [-0.2, 0) is 10.0 Å². The summed E-state index contributed by atoms with van der Waals surface area (Å²) < 4.78 is 27.5. The van der Waals surface area contributed by atoms with Crippen LogP contribution in [0.5, 0.6) is 0 Å². The predicted molar refractivity (Wildman–Crippen MR) is 91.8 cm³/mol. The molecule has 21 heavy (non-hydrogen) atoms. The zero-order valence-electron chi connectivity index (χ0n) is 11.7. The number of nitrogens with one attached hydrogen (secondary N) is 1. The van der Waals surface area contributed by atoms with Gasteiger partial charge in [-0.3, -0.25) is 0 Å². The summed E-state index contributed by atoms with van der Waals surface area (Å²) in [5.41, 5.74) is 0. The number of rotatable bonds is 4. The second-order valence-electron chi connectivity index (χ2n) is 4.98. The number of halogens is 3. The lowest BCUT2D eigenvalue weighted by Crippen LogP contribution is -2.40. The molecule has 120 valence electrons.